The van der Waals surface area contributed by atoms with Crippen molar-refractivity contribution in [1.82, 2.24) is 9.97 Å². The number of nitrogens with two attached hydrogens (primary N) is 1. The molecule has 66 valence electrons. The van der Waals surface area contributed by atoms with Gasteiger partial charge in [-0.3, -0.25) is 0 Å². The smallest absolute Gasteiger partial charge is 0.0921 e. The van der Waals surface area contributed by atoms with Crippen molar-refractivity contribution in [3.63, 3.8) is 0 Å². The van der Waals surface area contributed by atoms with Gasteiger partial charge in [0.1, 0.15) is 0 Å². The van der Waals surface area contributed by atoms with Crippen LogP contribution in [0, 0.1) is 5.41 Å². The zero-order chi connectivity index (χ0) is 8.82. The lowest BCUT2D eigenvalue weighted by atomic mass is 9.93. The van der Waals surface area contributed by atoms with E-state index in [1.165, 1.54) is 12.1 Å². The lowest BCUT2D eigenvalue weighted by Gasteiger charge is -2.15. The maximum absolute atomic E-state index is 5.79. The number of nitrogens with one attached hydrogen (secondary N) is 1. The third kappa shape index (κ3) is 0.771. The molecule has 0 saturated heterocycles. The van der Waals surface area contributed by atoms with Gasteiger partial charge in [-0.15, -0.1) is 0 Å². The van der Waals surface area contributed by atoms with Crippen LogP contribution >= 0.6 is 0 Å². The van der Waals surface area contributed by atoms with Crippen LogP contribution in [0.5, 0.6) is 0 Å². The fourth-order valence-electron chi connectivity index (χ4n) is 2.15. The summed E-state index contributed by atoms with van der Waals surface area (Å²) in [5.41, 5.74) is 7.49. The van der Waals surface area contributed by atoms with Crippen LogP contribution in [0.4, 0.5) is 0 Å². The molecule has 1 fully saturated rings. The van der Waals surface area contributed by atoms with E-state index in [2.05, 4.69) is 23.8 Å². The highest BCUT2D eigenvalue weighted by Crippen LogP contribution is 2.62. The highest BCUT2D eigenvalue weighted by Gasteiger charge is 2.61. The van der Waals surface area contributed by atoms with E-state index in [1.807, 2.05) is 6.20 Å². The summed E-state index contributed by atoms with van der Waals surface area (Å²) in [5, 5.41) is 0. The Morgan fingerprint density at radius 2 is 2.33 bits per heavy atom. The van der Waals surface area contributed by atoms with Gasteiger partial charge in [-0.1, -0.05) is 13.8 Å². The predicted octanol–water partition coefficient (Wildman–Crippen LogP) is 1.04. The standard InChI is InChI=1S/C9H15N3/c1-8(2)4-9(8,5-10)7-3-11-6-12-7/h3,6H,4-5,10H2,1-2H3,(H,11,12). The van der Waals surface area contributed by atoms with Crippen molar-refractivity contribution in [2.75, 3.05) is 6.54 Å². The minimum atomic E-state index is 0.170. The van der Waals surface area contributed by atoms with E-state index in [-0.39, 0.29) is 5.41 Å². The van der Waals surface area contributed by atoms with Crippen molar-refractivity contribution in [3.05, 3.63) is 18.2 Å². The van der Waals surface area contributed by atoms with E-state index >= 15 is 0 Å². The monoisotopic (exact) mass is 165 g/mol. The number of nitrogens with zero attached hydrogens (tertiary/aromatic N) is 1. The average molecular weight is 165 g/mol. The molecule has 1 aliphatic rings. The molecule has 1 heterocycles. The second kappa shape index (κ2) is 2.10. The molecule has 1 aliphatic carbocycles. The number of imidazole rings is 1. The molecule has 1 aromatic rings. The third-order valence-electron chi connectivity index (χ3n) is 3.28. The van der Waals surface area contributed by atoms with Gasteiger partial charge in [-0.05, 0) is 11.8 Å². The van der Waals surface area contributed by atoms with Gasteiger partial charge in [-0.25, -0.2) is 4.98 Å². The first kappa shape index (κ1) is 7.80. The van der Waals surface area contributed by atoms with Crippen molar-refractivity contribution >= 4 is 0 Å². The second-order valence-electron chi connectivity index (χ2n) is 4.31. The molecule has 1 unspecified atom stereocenters. The average Bonchev–Trinajstić information content (AvgIpc) is 2.52. The molecule has 0 spiro atoms. The summed E-state index contributed by atoms with van der Waals surface area (Å²) in [5.74, 6) is 0. The minimum Gasteiger partial charge on any atom is -0.348 e. The Bertz CT molecular complexity index is 276. The number of H-pyrrole nitrogens is 1. The van der Waals surface area contributed by atoms with Crippen molar-refractivity contribution in [3.8, 4) is 0 Å². The quantitative estimate of drug-likeness (QED) is 0.688. The molecule has 0 aliphatic heterocycles. The van der Waals surface area contributed by atoms with E-state index in [0.717, 1.165) is 0 Å². The van der Waals surface area contributed by atoms with E-state index in [4.69, 9.17) is 5.73 Å². The summed E-state index contributed by atoms with van der Waals surface area (Å²) in [6, 6.07) is 0. The van der Waals surface area contributed by atoms with Gasteiger partial charge < -0.3 is 10.7 Å². The molecule has 0 aromatic carbocycles. The molecule has 0 amide bonds. The first-order valence-electron chi connectivity index (χ1n) is 4.31. The van der Waals surface area contributed by atoms with Crippen LogP contribution in [0.3, 0.4) is 0 Å². The summed E-state index contributed by atoms with van der Waals surface area (Å²) in [6.07, 6.45) is 4.78. The highest BCUT2D eigenvalue weighted by molar-refractivity contribution is 5.31. The van der Waals surface area contributed by atoms with Crippen molar-refractivity contribution in [2.24, 2.45) is 11.1 Å². The molecule has 0 radical (unpaired) electrons. The Morgan fingerprint density at radius 1 is 1.67 bits per heavy atom. The number of hydrogen-bond acceptors (Lipinski definition) is 2. The van der Waals surface area contributed by atoms with Crippen LogP contribution in [0.15, 0.2) is 12.5 Å². The second-order valence-corrected chi connectivity index (χ2v) is 4.31. The van der Waals surface area contributed by atoms with Crippen LogP contribution in [-0.2, 0) is 5.41 Å². The number of hydrogen-bond donors (Lipinski definition) is 2. The van der Waals surface area contributed by atoms with Crippen LogP contribution in [-0.4, -0.2) is 16.5 Å². The first-order chi connectivity index (χ1) is 5.62. The SMILES string of the molecule is CC1(C)CC1(CN)c1cnc[nH]1. The molecule has 1 atom stereocenters. The largest absolute Gasteiger partial charge is 0.348 e. The van der Waals surface area contributed by atoms with E-state index in [0.29, 0.717) is 12.0 Å². The maximum atomic E-state index is 5.79. The number of rotatable bonds is 2. The predicted molar refractivity (Wildman–Crippen MR) is 47.7 cm³/mol. The summed E-state index contributed by atoms with van der Waals surface area (Å²) in [6.45, 7) is 5.21. The van der Waals surface area contributed by atoms with Gasteiger partial charge in [0.15, 0.2) is 0 Å². The van der Waals surface area contributed by atoms with Gasteiger partial charge in [0.2, 0.25) is 0 Å². The van der Waals surface area contributed by atoms with E-state index < -0.39 is 0 Å². The molecule has 1 aromatic heterocycles. The molecule has 2 rings (SSSR count). The molecule has 12 heavy (non-hydrogen) atoms. The van der Waals surface area contributed by atoms with Crippen LogP contribution in [0.1, 0.15) is 26.0 Å². The molecular formula is C9H15N3. The zero-order valence-corrected chi connectivity index (χ0v) is 7.59. The summed E-state index contributed by atoms with van der Waals surface area (Å²) in [7, 11) is 0. The molecule has 3 heteroatoms. The Hall–Kier alpha value is -0.830. The fraction of sp³-hybridized carbons (Fsp3) is 0.667. The molecule has 3 N–H and O–H groups in total. The maximum Gasteiger partial charge on any atom is 0.0921 e. The van der Waals surface area contributed by atoms with Gasteiger partial charge in [0, 0.05) is 23.9 Å². The van der Waals surface area contributed by atoms with Gasteiger partial charge >= 0.3 is 0 Å². The molecular weight excluding hydrogens is 150 g/mol. The van der Waals surface area contributed by atoms with E-state index in [1.54, 1.807) is 6.33 Å². The lowest BCUT2D eigenvalue weighted by Crippen LogP contribution is -2.25. The van der Waals surface area contributed by atoms with Crippen molar-refractivity contribution < 1.29 is 0 Å². The summed E-state index contributed by atoms with van der Waals surface area (Å²) >= 11 is 0. The zero-order valence-electron chi connectivity index (χ0n) is 7.59. The lowest BCUT2D eigenvalue weighted by molar-refractivity contribution is 0.494. The fourth-order valence-corrected chi connectivity index (χ4v) is 2.15. The highest BCUT2D eigenvalue weighted by atomic mass is 14.9. The van der Waals surface area contributed by atoms with Crippen molar-refractivity contribution in [2.45, 2.75) is 25.7 Å². The molecule has 3 nitrogen and oxygen atoms in total. The Labute approximate surface area is 72.4 Å². The molecule has 1 saturated carbocycles. The normalized spacial score (nSPS) is 31.9. The summed E-state index contributed by atoms with van der Waals surface area (Å²) in [4.78, 5) is 7.19. The minimum absolute atomic E-state index is 0.170. The van der Waals surface area contributed by atoms with Crippen LogP contribution in [0.2, 0.25) is 0 Å². The third-order valence-corrected chi connectivity index (χ3v) is 3.28. The Balaban J connectivity index is 2.34. The topological polar surface area (TPSA) is 54.7 Å². The van der Waals surface area contributed by atoms with Crippen LogP contribution < -0.4 is 5.73 Å². The summed E-state index contributed by atoms with van der Waals surface area (Å²) < 4.78 is 0. The van der Waals surface area contributed by atoms with Gasteiger partial charge in [-0.2, -0.15) is 0 Å². The molecule has 0 bridgehead atoms. The van der Waals surface area contributed by atoms with Gasteiger partial charge in [0.05, 0.1) is 6.33 Å². The Morgan fingerprint density at radius 3 is 2.67 bits per heavy atom. The van der Waals surface area contributed by atoms with Gasteiger partial charge in [0.25, 0.3) is 0 Å². The number of aromatic amines is 1. The Kier molecular flexibility index (Phi) is 1.37. The van der Waals surface area contributed by atoms with E-state index in [9.17, 15) is 0 Å². The van der Waals surface area contributed by atoms with Crippen molar-refractivity contribution in [1.29, 1.82) is 0 Å². The number of aromatic nitrogens is 2. The van der Waals surface area contributed by atoms with Crippen LogP contribution in [0.25, 0.3) is 0 Å². The first-order valence-corrected chi connectivity index (χ1v) is 4.31.